The molecular weight excluding hydrogens is 444 g/mol. The van der Waals surface area contributed by atoms with Crippen LogP contribution in [0.2, 0.25) is 0 Å². The molecule has 1 aliphatic carbocycles. The zero-order valence-corrected chi connectivity index (χ0v) is 20.0. The maximum atomic E-state index is 12.6. The van der Waals surface area contributed by atoms with Gasteiger partial charge in [0, 0.05) is 18.8 Å². The van der Waals surface area contributed by atoms with E-state index in [2.05, 4.69) is 5.32 Å². The van der Waals surface area contributed by atoms with Gasteiger partial charge in [-0.25, -0.2) is 4.99 Å². The summed E-state index contributed by atoms with van der Waals surface area (Å²) in [6.45, 7) is 8.49. The van der Waals surface area contributed by atoms with E-state index < -0.39 is 23.8 Å². The van der Waals surface area contributed by atoms with Crippen LogP contribution >= 0.6 is 11.6 Å². The number of anilines is 1. The number of carbonyl (C=O) groups is 3. The molecule has 1 saturated heterocycles. The fourth-order valence-corrected chi connectivity index (χ4v) is 4.02. The summed E-state index contributed by atoms with van der Waals surface area (Å²) in [7, 11) is 0. The number of nitrogens with two attached hydrogens (primary N) is 1. The average Bonchev–Trinajstić information content (AvgIpc) is 3.32. The SMILES string of the molecule is CCN(c1ccc(N=C2C=C(NC(=O)C3CCCO3)C(=O)C(Cl)=C2C)c(C)c1)C(C)C(N)=O. The Morgan fingerprint density at radius 1 is 1.36 bits per heavy atom. The molecule has 2 amide bonds. The van der Waals surface area contributed by atoms with E-state index in [0.29, 0.717) is 36.5 Å². The minimum absolute atomic E-state index is 0.0144. The Morgan fingerprint density at radius 2 is 2.09 bits per heavy atom. The fraction of sp³-hybridized carbons (Fsp3) is 0.417. The molecule has 0 bridgehead atoms. The van der Waals surface area contributed by atoms with Gasteiger partial charge in [-0.15, -0.1) is 0 Å². The third kappa shape index (κ3) is 5.34. The lowest BCUT2D eigenvalue weighted by Gasteiger charge is -2.28. The first-order chi connectivity index (χ1) is 15.6. The molecule has 1 fully saturated rings. The second kappa shape index (κ2) is 10.3. The number of Topliss-reactive ketones (excluding diaryl/α,β-unsaturated/α-hetero) is 1. The molecule has 2 unspecified atom stereocenters. The monoisotopic (exact) mass is 472 g/mol. The standard InChI is InChI=1S/C24H29ClN4O4/c1-5-29(15(4)23(26)31)16-8-9-17(13(2)11-16)27-18-12-19(22(30)21(25)14(18)3)28-24(32)20-7-6-10-33-20/h8-9,11-12,15,20H,5-7,10H2,1-4H3,(H2,26,31)(H,28,32). The second-order valence-corrected chi connectivity index (χ2v) is 8.53. The first-order valence-corrected chi connectivity index (χ1v) is 11.3. The molecule has 2 atom stereocenters. The number of carbonyl (C=O) groups excluding carboxylic acids is 3. The van der Waals surface area contributed by atoms with Crippen LogP contribution in [0.4, 0.5) is 11.4 Å². The number of hydrogen-bond donors (Lipinski definition) is 2. The Bertz CT molecular complexity index is 1070. The van der Waals surface area contributed by atoms with Crippen molar-refractivity contribution >= 4 is 46.3 Å². The molecule has 0 radical (unpaired) electrons. The Kier molecular flexibility index (Phi) is 7.71. The van der Waals surface area contributed by atoms with Gasteiger partial charge in [0.1, 0.15) is 12.1 Å². The highest BCUT2D eigenvalue weighted by Crippen LogP contribution is 2.29. The predicted octanol–water partition coefficient (Wildman–Crippen LogP) is 3.04. The first-order valence-electron chi connectivity index (χ1n) is 10.9. The van der Waals surface area contributed by atoms with Crippen molar-refractivity contribution in [2.24, 2.45) is 10.7 Å². The van der Waals surface area contributed by atoms with Crippen LogP contribution in [-0.4, -0.2) is 48.6 Å². The van der Waals surface area contributed by atoms with E-state index in [1.165, 1.54) is 6.08 Å². The van der Waals surface area contributed by atoms with Crippen molar-refractivity contribution in [1.82, 2.24) is 5.32 Å². The molecule has 3 rings (SSSR count). The summed E-state index contributed by atoms with van der Waals surface area (Å²) in [6.07, 6.45) is 2.40. The average molecular weight is 473 g/mol. The van der Waals surface area contributed by atoms with Gasteiger partial charge in [0.05, 0.1) is 22.1 Å². The molecule has 1 aromatic rings. The highest BCUT2D eigenvalue weighted by atomic mass is 35.5. The Hall–Kier alpha value is -2.97. The molecule has 1 heterocycles. The molecule has 33 heavy (non-hydrogen) atoms. The normalized spacial score (nSPS) is 20.6. The molecule has 176 valence electrons. The van der Waals surface area contributed by atoms with Crippen molar-refractivity contribution in [3.63, 3.8) is 0 Å². The van der Waals surface area contributed by atoms with Crippen LogP contribution in [-0.2, 0) is 19.1 Å². The summed E-state index contributed by atoms with van der Waals surface area (Å²) in [5.41, 5.74) is 8.96. The number of aliphatic imine (C=N–C) groups is 1. The van der Waals surface area contributed by atoms with E-state index >= 15 is 0 Å². The molecule has 8 nitrogen and oxygen atoms in total. The van der Waals surface area contributed by atoms with Crippen LogP contribution in [0.3, 0.4) is 0 Å². The van der Waals surface area contributed by atoms with Gasteiger partial charge in [0.25, 0.3) is 5.91 Å². The van der Waals surface area contributed by atoms with E-state index in [9.17, 15) is 14.4 Å². The summed E-state index contributed by atoms with van der Waals surface area (Å²) in [5, 5.41) is 2.66. The molecule has 0 aromatic heterocycles. The van der Waals surface area contributed by atoms with Gasteiger partial charge in [-0.05, 0) is 75.9 Å². The minimum Gasteiger partial charge on any atom is -0.368 e. The number of hydrogen-bond acceptors (Lipinski definition) is 6. The smallest absolute Gasteiger partial charge is 0.253 e. The number of nitrogens with one attached hydrogen (secondary N) is 1. The maximum Gasteiger partial charge on any atom is 0.253 e. The molecule has 0 spiro atoms. The van der Waals surface area contributed by atoms with Crippen molar-refractivity contribution in [3.8, 4) is 0 Å². The Labute approximate surface area is 198 Å². The predicted molar refractivity (Wildman–Crippen MR) is 129 cm³/mol. The third-order valence-corrected chi connectivity index (χ3v) is 6.35. The van der Waals surface area contributed by atoms with E-state index in [1.807, 2.05) is 36.9 Å². The van der Waals surface area contributed by atoms with E-state index in [4.69, 9.17) is 27.1 Å². The van der Waals surface area contributed by atoms with E-state index in [1.54, 1.807) is 13.8 Å². The lowest BCUT2D eigenvalue weighted by molar-refractivity contribution is -0.130. The molecule has 0 saturated carbocycles. The summed E-state index contributed by atoms with van der Waals surface area (Å²) in [6, 6.07) is 5.19. The maximum absolute atomic E-state index is 12.6. The zero-order valence-electron chi connectivity index (χ0n) is 19.3. The lowest BCUT2D eigenvalue weighted by atomic mass is 10.0. The zero-order chi connectivity index (χ0) is 24.3. The van der Waals surface area contributed by atoms with Crippen molar-refractivity contribution < 1.29 is 19.1 Å². The van der Waals surface area contributed by atoms with E-state index in [-0.39, 0.29) is 16.6 Å². The number of allylic oxidation sites excluding steroid dienone is 3. The van der Waals surface area contributed by atoms with Crippen LogP contribution < -0.4 is 16.0 Å². The van der Waals surface area contributed by atoms with Gasteiger partial charge < -0.3 is 20.7 Å². The van der Waals surface area contributed by atoms with Gasteiger partial charge in [-0.2, -0.15) is 0 Å². The van der Waals surface area contributed by atoms with Crippen LogP contribution in [0, 0.1) is 6.92 Å². The molecular formula is C24H29ClN4O4. The highest BCUT2D eigenvalue weighted by Gasteiger charge is 2.29. The molecule has 1 aromatic carbocycles. The van der Waals surface area contributed by atoms with Crippen LogP contribution in [0.25, 0.3) is 0 Å². The number of primary amides is 1. The number of ketones is 1. The number of halogens is 1. The summed E-state index contributed by atoms with van der Waals surface area (Å²) in [4.78, 5) is 43.3. The minimum atomic E-state index is -0.566. The molecule has 2 aliphatic rings. The summed E-state index contributed by atoms with van der Waals surface area (Å²) in [5.74, 6) is -1.21. The second-order valence-electron chi connectivity index (χ2n) is 8.15. The van der Waals surface area contributed by atoms with Crippen molar-refractivity contribution in [2.75, 3.05) is 18.1 Å². The quantitative estimate of drug-likeness (QED) is 0.592. The summed E-state index contributed by atoms with van der Waals surface area (Å²) < 4.78 is 5.39. The Balaban J connectivity index is 1.91. The number of likely N-dealkylation sites (N-methyl/N-ethyl adjacent to an activating group) is 1. The molecule has 1 aliphatic heterocycles. The summed E-state index contributed by atoms with van der Waals surface area (Å²) >= 11 is 6.28. The molecule has 9 heteroatoms. The van der Waals surface area contributed by atoms with Crippen LogP contribution in [0.5, 0.6) is 0 Å². The van der Waals surface area contributed by atoms with Crippen molar-refractivity contribution in [2.45, 2.75) is 52.7 Å². The lowest BCUT2D eigenvalue weighted by Crippen LogP contribution is -2.42. The highest BCUT2D eigenvalue weighted by molar-refractivity contribution is 6.49. The van der Waals surface area contributed by atoms with Gasteiger partial charge in [0.15, 0.2) is 0 Å². The van der Waals surface area contributed by atoms with Gasteiger partial charge in [0.2, 0.25) is 11.7 Å². The fourth-order valence-electron chi connectivity index (χ4n) is 3.83. The van der Waals surface area contributed by atoms with Gasteiger partial charge in [-0.3, -0.25) is 14.4 Å². The van der Waals surface area contributed by atoms with Gasteiger partial charge in [-0.1, -0.05) is 11.6 Å². The number of rotatable bonds is 7. The topological polar surface area (TPSA) is 114 Å². The number of amides is 2. The van der Waals surface area contributed by atoms with Crippen LogP contribution in [0.15, 0.2) is 45.6 Å². The Morgan fingerprint density at radius 3 is 2.67 bits per heavy atom. The molecule has 3 N–H and O–H groups in total. The largest absolute Gasteiger partial charge is 0.368 e. The van der Waals surface area contributed by atoms with Crippen molar-refractivity contribution in [3.05, 3.63) is 46.1 Å². The number of nitrogens with zero attached hydrogens (tertiary/aromatic N) is 2. The third-order valence-electron chi connectivity index (χ3n) is 5.89. The number of aryl methyl sites for hydroxylation is 1. The van der Waals surface area contributed by atoms with Crippen LogP contribution in [0.1, 0.15) is 39.2 Å². The number of benzene rings is 1. The number of ether oxygens (including phenoxy) is 1. The van der Waals surface area contributed by atoms with Crippen molar-refractivity contribution in [1.29, 1.82) is 0 Å². The van der Waals surface area contributed by atoms with Gasteiger partial charge >= 0.3 is 0 Å². The first kappa shape index (κ1) is 24.7. The van der Waals surface area contributed by atoms with E-state index in [0.717, 1.165) is 17.7 Å².